The lowest BCUT2D eigenvalue weighted by Gasteiger charge is -2.14. The molecule has 0 saturated heterocycles. The Kier molecular flexibility index (Phi) is 3.15. The number of rotatable bonds is 3. The fraction of sp³-hybridized carbons (Fsp3) is 0.385. The maximum Gasteiger partial charge on any atom is 0.0932 e. The fourth-order valence-electron chi connectivity index (χ4n) is 1.69. The lowest BCUT2D eigenvalue weighted by molar-refractivity contribution is 0.126. The van der Waals surface area contributed by atoms with Gasteiger partial charge >= 0.3 is 0 Å². The van der Waals surface area contributed by atoms with Crippen LogP contribution in [0.25, 0.3) is 10.9 Å². The van der Waals surface area contributed by atoms with Gasteiger partial charge in [0.25, 0.3) is 0 Å². The van der Waals surface area contributed by atoms with Crippen LogP contribution in [0.2, 0.25) is 0 Å². The summed E-state index contributed by atoms with van der Waals surface area (Å²) in [7, 11) is 0. The van der Waals surface area contributed by atoms with Crippen LogP contribution in [0.15, 0.2) is 30.5 Å². The van der Waals surface area contributed by atoms with Crippen molar-refractivity contribution >= 4 is 10.9 Å². The molecule has 0 fully saturated rings. The van der Waals surface area contributed by atoms with E-state index in [1.807, 2.05) is 38.1 Å². The molecule has 0 aliphatic rings. The molecule has 0 saturated carbocycles. The van der Waals surface area contributed by atoms with Crippen molar-refractivity contribution < 1.29 is 5.11 Å². The number of hydrogen-bond acceptors (Lipinski definition) is 3. The highest BCUT2D eigenvalue weighted by molar-refractivity contribution is 5.81. The summed E-state index contributed by atoms with van der Waals surface area (Å²) >= 11 is 0. The average Bonchev–Trinajstić information content (AvgIpc) is 2.29. The SMILES string of the molecule is CC(C)C(O)Cc1cnnc2ccccc12. The van der Waals surface area contributed by atoms with E-state index in [0.717, 1.165) is 16.5 Å². The summed E-state index contributed by atoms with van der Waals surface area (Å²) in [4.78, 5) is 0. The molecule has 2 rings (SSSR count). The molecule has 0 bridgehead atoms. The quantitative estimate of drug-likeness (QED) is 0.855. The number of aliphatic hydroxyl groups excluding tert-OH is 1. The second-order valence-corrected chi connectivity index (χ2v) is 4.40. The third kappa shape index (κ3) is 2.19. The number of hydrogen-bond donors (Lipinski definition) is 1. The van der Waals surface area contributed by atoms with Gasteiger partial charge in [-0.25, -0.2) is 0 Å². The van der Waals surface area contributed by atoms with E-state index in [1.54, 1.807) is 6.20 Å². The fourth-order valence-corrected chi connectivity index (χ4v) is 1.69. The number of nitrogens with zero attached hydrogens (tertiary/aromatic N) is 2. The summed E-state index contributed by atoms with van der Waals surface area (Å²) in [5.41, 5.74) is 1.95. The minimum absolute atomic E-state index is 0.256. The van der Waals surface area contributed by atoms with Gasteiger partial charge in [0.15, 0.2) is 0 Å². The third-order valence-electron chi connectivity index (χ3n) is 2.83. The first kappa shape index (κ1) is 11.0. The largest absolute Gasteiger partial charge is 0.393 e. The summed E-state index contributed by atoms with van der Waals surface area (Å²) in [6.07, 6.45) is 2.05. The zero-order chi connectivity index (χ0) is 11.5. The van der Waals surface area contributed by atoms with Gasteiger partial charge in [-0.3, -0.25) is 0 Å². The lowest BCUT2D eigenvalue weighted by atomic mass is 9.98. The molecule has 1 aromatic carbocycles. The van der Waals surface area contributed by atoms with Crippen molar-refractivity contribution in [2.24, 2.45) is 5.92 Å². The van der Waals surface area contributed by atoms with E-state index < -0.39 is 0 Å². The van der Waals surface area contributed by atoms with Crippen molar-refractivity contribution in [1.29, 1.82) is 0 Å². The first-order valence-corrected chi connectivity index (χ1v) is 5.56. The van der Waals surface area contributed by atoms with Crippen molar-refractivity contribution in [1.82, 2.24) is 10.2 Å². The molecule has 1 heterocycles. The molecule has 0 radical (unpaired) electrons. The maximum atomic E-state index is 9.89. The van der Waals surface area contributed by atoms with E-state index in [-0.39, 0.29) is 12.0 Å². The highest BCUT2D eigenvalue weighted by Crippen LogP contribution is 2.18. The molecule has 1 unspecified atom stereocenters. The maximum absolute atomic E-state index is 9.89. The molecule has 16 heavy (non-hydrogen) atoms. The predicted octanol–water partition coefficient (Wildman–Crippen LogP) is 2.19. The standard InChI is InChI=1S/C13H16N2O/c1-9(2)13(16)7-10-8-14-15-12-6-4-3-5-11(10)12/h3-6,8-9,13,16H,7H2,1-2H3. The van der Waals surface area contributed by atoms with E-state index >= 15 is 0 Å². The highest BCUT2D eigenvalue weighted by Gasteiger charge is 2.12. The van der Waals surface area contributed by atoms with Crippen LogP contribution >= 0.6 is 0 Å². The van der Waals surface area contributed by atoms with E-state index in [1.165, 1.54) is 0 Å². The van der Waals surface area contributed by atoms with Gasteiger partial charge in [-0.2, -0.15) is 10.2 Å². The molecule has 2 aromatic rings. The Labute approximate surface area is 95.1 Å². The minimum atomic E-state index is -0.326. The van der Waals surface area contributed by atoms with Crippen LogP contribution in [0.1, 0.15) is 19.4 Å². The highest BCUT2D eigenvalue weighted by atomic mass is 16.3. The Morgan fingerprint density at radius 3 is 2.75 bits per heavy atom. The number of fused-ring (bicyclic) bond motifs is 1. The molecule has 0 spiro atoms. The molecule has 3 nitrogen and oxygen atoms in total. The molecular formula is C13H16N2O. The van der Waals surface area contributed by atoms with Crippen molar-refractivity contribution in [2.45, 2.75) is 26.4 Å². The van der Waals surface area contributed by atoms with Crippen LogP contribution in [-0.4, -0.2) is 21.4 Å². The minimum Gasteiger partial charge on any atom is -0.393 e. The van der Waals surface area contributed by atoms with Gasteiger partial charge in [0, 0.05) is 11.8 Å². The van der Waals surface area contributed by atoms with Gasteiger partial charge in [0.1, 0.15) is 0 Å². The van der Waals surface area contributed by atoms with Crippen LogP contribution < -0.4 is 0 Å². The van der Waals surface area contributed by atoms with Gasteiger partial charge < -0.3 is 5.11 Å². The van der Waals surface area contributed by atoms with Gasteiger partial charge in [0.2, 0.25) is 0 Å². The average molecular weight is 216 g/mol. The zero-order valence-electron chi connectivity index (χ0n) is 9.59. The van der Waals surface area contributed by atoms with Crippen LogP contribution in [0.3, 0.4) is 0 Å². The third-order valence-corrected chi connectivity index (χ3v) is 2.83. The van der Waals surface area contributed by atoms with Crippen LogP contribution in [0, 0.1) is 5.92 Å². The summed E-state index contributed by atoms with van der Waals surface area (Å²) in [6.45, 7) is 4.03. The first-order valence-electron chi connectivity index (χ1n) is 5.56. The molecule has 1 N–H and O–H groups in total. The Morgan fingerprint density at radius 2 is 2.00 bits per heavy atom. The molecule has 0 amide bonds. The normalized spacial score (nSPS) is 13.2. The molecule has 1 atom stereocenters. The summed E-state index contributed by atoms with van der Waals surface area (Å²) in [5, 5.41) is 19.0. The Morgan fingerprint density at radius 1 is 1.25 bits per heavy atom. The summed E-state index contributed by atoms with van der Waals surface area (Å²) in [6, 6.07) is 7.88. The van der Waals surface area contributed by atoms with Crippen LogP contribution in [0.4, 0.5) is 0 Å². The zero-order valence-corrected chi connectivity index (χ0v) is 9.59. The van der Waals surface area contributed by atoms with Crippen molar-refractivity contribution in [2.75, 3.05) is 0 Å². The summed E-state index contributed by atoms with van der Waals surface area (Å²) in [5.74, 6) is 0.256. The van der Waals surface area contributed by atoms with Crippen molar-refractivity contribution in [3.63, 3.8) is 0 Å². The Bertz CT molecular complexity index is 477. The Hall–Kier alpha value is -1.48. The second kappa shape index (κ2) is 4.58. The van der Waals surface area contributed by atoms with Gasteiger partial charge in [-0.1, -0.05) is 32.0 Å². The van der Waals surface area contributed by atoms with Crippen LogP contribution in [-0.2, 0) is 6.42 Å². The smallest absolute Gasteiger partial charge is 0.0932 e. The number of benzene rings is 1. The van der Waals surface area contributed by atoms with E-state index in [0.29, 0.717) is 6.42 Å². The van der Waals surface area contributed by atoms with E-state index in [9.17, 15) is 5.11 Å². The van der Waals surface area contributed by atoms with Gasteiger partial charge in [-0.15, -0.1) is 0 Å². The molecule has 0 aliphatic carbocycles. The molecule has 1 aromatic heterocycles. The molecule has 0 aliphatic heterocycles. The first-order chi connectivity index (χ1) is 7.68. The topological polar surface area (TPSA) is 46.0 Å². The Balaban J connectivity index is 2.37. The summed E-state index contributed by atoms with van der Waals surface area (Å²) < 4.78 is 0. The number of aliphatic hydroxyl groups is 1. The van der Waals surface area contributed by atoms with Crippen molar-refractivity contribution in [3.8, 4) is 0 Å². The second-order valence-electron chi connectivity index (χ2n) is 4.40. The van der Waals surface area contributed by atoms with E-state index in [4.69, 9.17) is 0 Å². The predicted molar refractivity (Wildman–Crippen MR) is 64.1 cm³/mol. The van der Waals surface area contributed by atoms with Gasteiger partial charge in [-0.05, 0) is 17.5 Å². The lowest BCUT2D eigenvalue weighted by Crippen LogP contribution is -2.18. The molecule has 84 valence electrons. The monoisotopic (exact) mass is 216 g/mol. The van der Waals surface area contributed by atoms with E-state index in [2.05, 4.69) is 10.2 Å². The molecule has 3 heteroatoms. The molecular weight excluding hydrogens is 200 g/mol. The number of aromatic nitrogens is 2. The van der Waals surface area contributed by atoms with Crippen molar-refractivity contribution in [3.05, 3.63) is 36.0 Å². The van der Waals surface area contributed by atoms with Gasteiger partial charge in [0.05, 0.1) is 17.8 Å². The van der Waals surface area contributed by atoms with Crippen LogP contribution in [0.5, 0.6) is 0 Å².